The molecule has 0 aromatic carbocycles. The van der Waals surface area contributed by atoms with Crippen LogP contribution in [0.3, 0.4) is 0 Å². The Labute approximate surface area is 149 Å². The lowest BCUT2D eigenvalue weighted by molar-refractivity contribution is -0.405. The number of aromatic nitrogens is 4. The largest absolute Gasteiger partial charge is 0.394 e. The second-order valence-corrected chi connectivity index (χ2v) is 6.34. The van der Waals surface area contributed by atoms with Crippen LogP contribution in [0.4, 0.5) is 5.82 Å². The summed E-state index contributed by atoms with van der Waals surface area (Å²) < 4.78 is 7.32. The van der Waals surface area contributed by atoms with Gasteiger partial charge in [-0.25, -0.2) is 15.0 Å². The summed E-state index contributed by atoms with van der Waals surface area (Å²) in [6, 6.07) is -1.24. The summed E-state index contributed by atoms with van der Waals surface area (Å²) in [4.78, 5) is 24.6. The molecule has 0 spiro atoms. The first-order valence-electron chi connectivity index (χ1n) is 8.48. The average Bonchev–Trinajstić information content (AvgIpc) is 3.18. The number of nitrogen functional groups attached to an aromatic ring is 1. The number of nitrogens with two attached hydrogens (primary N) is 1. The van der Waals surface area contributed by atoms with Gasteiger partial charge in [-0.3, -0.25) is 9.36 Å². The minimum atomic E-state index is -1.10. The number of aliphatic hydroxyl groups excluding tert-OH is 2. The van der Waals surface area contributed by atoms with Crippen LogP contribution in [0, 0.1) is 0 Å². The number of hydrogen-bond donors (Lipinski definition) is 5. The number of nitrogens with one attached hydrogen (secondary N) is 1. The van der Waals surface area contributed by atoms with E-state index in [1.165, 1.54) is 12.7 Å². The van der Waals surface area contributed by atoms with Crippen LogP contribution < -0.4 is 16.8 Å². The highest BCUT2D eigenvalue weighted by Crippen LogP contribution is 2.32. The number of ether oxygens (including phenoxy) is 1. The number of rotatable bonds is 6. The number of aliphatic hydroxyl groups is 2. The van der Waals surface area contributed by atoms with Crippen LogP contribution in [0.5, 0.6) is 0 Å². The molecular weight excluding hydrogens is 342 g/mol. The normalized spacial score (nSPS) is 26.9. The Hall–Kier alpha value is -2.34. The molecular formula is C15H24N7O4+. The fourth-order valence-corrected chi connectivity index (χ4v) is 3.11. The van der Waals surface area contributed by atoms with Gasteiger partial charge in [0.1, 0.15) is 30.1 Å². The van der Waals surface area contributed by atoms with Crippen LogP contribution >= 0.6 is 0 Å². The molecule has 11 heteroatoms. The first-order valence-corrected chi connectivity index (χ1v) is 8.48. The molecule has 8 N–H and O–H groups in total. The molecule has 1 fully saturated rings. The first-order chi connectivity index (χ1) is 12.5. The molecule has 3 rings (SSSR count). The van der Waals surface area contributed by atoms with Crippen molar-refractivity contribution in [3.05, 3.63) is 12.7 Å². The maximum Gasteiger partial charge on any atom is 0.278 e. The summed E-state index contributed by atoms with van der Waals surface area (Å²) in [5, 5.41) is 22.8. The molecule has 0 aliphatic carbocycles. The molecule has 0 saturated carbocycles. The Morgan fingerprint density at radius 3 is 2.96 bits per heavy atom. The maximum atomic E-state index is 12.4. The van der Waals surface area contributed by atoms with Crippen molar-refractivity contribution in [2.45, 2.75) is 50.3 Å². The minimum Gasteiger partial charge on any atom is -0.394 e. The van der Waals surface area contributed by atoms with Gasteiger partial charge in [0.05, 0.1) is 12.9 Å². The molecule has 2 aromatic rings. The summed E-state index contributed by atoms with van der Waals surface area (Å²) >= 11 is 0. The monoisotopic (exact) mass is 366 g/mol. The smallest absolute Gasteiger partial charge is 0.278 e. The van der Waals surface area contributed by atoms with E-state index in [4.69, 9.17) is 10.5 Å². The van der Waals surface area contributed by atoms with Crippen molar-refractivity contribution in [1.29, 1.82) is 0 Å². The van der Waals surface area contributed by atoms with Crippen molar-refractivity contribution < 1.29 is 25.5 Å². The summed E-state index contributed by atoms with van der Waals surface area (Å²) in [5.41, 5.74) is 10.4. The average molecular weight is 366 g/mol. The SMILES string of the molecule is CCCC([NH3+])C(=O)N[C@H]1C(O)[C@@H](CO)O[C@H]1n1cnc2c(N)ncnc21. The lowest BCUT2D eigenvalue weighted by atomic mass is 10.1. The van der Waals surface area contributed by atoms with Gasteiger partial charge in [-0.15, -0.1) is 0 Å². The number of amides is 1. The van der Waals surface area contributed by atoms with Crippen molar-refractivity contribution in [2.75, 3.05) is 12.3 Å². The van der Waals surface area contributed by atoms with Crippen molar-refractivity contribution in [3.8, 4) is 0 Å². The molecule has 5 atom stereocenters. The van der Waals surface area contributed by atoms with Gasteiger partial charge in [-0.05, 0) is 6.42 Å². The third kappa shape index (κ3) is 3.21. The van der Waals surface area contributed by atoms with Gasteiger partial charge in [0.15, 0.2) is 23.7 Å². The third-order valence-electron chi connectivity index (χ3n) is 4.53. The zero-order valence-corrected chi connectivity index (χ0v) is 14.4. The van der Waals surface area contributed by atoms with Crippen molar-refractivity contribution in [3.63, 3.8) is 0 Å². The van der Waals surface area contributed by atoms with Gasteiger partial charge >= 0.3 is 0 Å². The molecule has 26 heavy (non-hydrogen) atoms. The van der Waals surface area contributed by atoms with Crippen LogP contribution in [0.25, 0.3) is 11.2 Å². The molecule has 142 valence electrons. The van der Waals surface area contributed by atoms with Crippen molar-refractivity contribution >= 4 is 22.9 Å². The van der Waals surface area contributed by atoms with E-state index in [-0.39, 0.29) is 11.7 Å². The van der Waals surface area contributed by atoms with E-state index in [1.807, 2.05) is 6.92 Å². The zero-order chi connectivity index (χ0) is 18.8. The Kier molecular flexibility index (Phi) is 5.32. The lowest BCUT2D eigenvalue weighted by Crippen LogP contribution is -2.68. The molecule has 3 heterocycles. The van der Waals surface area contributed by atoms with E-state index < -0.39 is 37.1 Å². The maximum absolute atomic E-state index is 12.4. The number of carbonyl (C=O) groups is 1. The molecule has 1 aliphatic rings. The van der Waals surface area contributed by atoms with Gasteiger partial charge in [0.2, 0.25) is 0 Å². The zero-order valence-electron chi connectivity index (χ0n) is 14.4. The van der Waals surface area contributed by atoms with Crippen LogP contribution in [0.2, 0.25) is 0 Å². The van der Waals surface area contributed by atoms with Crippen molar-refractivity contribution in [1.82, 2.24) is 24.8 Å². The number of quaternary nitrogens is 1. The Morgan fingerprint density at radius 1 is 1.50 bits per heavy atom. The Balaban J connectivity index is 1.92. The van der Waals surface area contributed by atoms with Gasteiger partial charge in [-0.2, -0.15) is 0 Å². The van der Waals surface area contributed by atoms with E-state index >= 15 is 0 Å². The van der Waals surface area contributed by atoms with Crippen LogP contribution in [0.15, 0.2) is 12.7 Å². The highest BCUT2D eigenvalue weighted by molar-refractivity contribution is 5.82. The minimum absolute atomic E-state index is 0.215. The molecule has 0 bridgehead atoms. The highest BCUT2D eigenvalue weighted by Gasteiger charge is 2.46. The second-order valence-electron chi connectivity index (χ2n) is 6.34. The predicted molar refractivity (Wildman–Crippen MR) is 90.3 cm³/mol. The predicted octanol–water partition coefficient (Wildman–Crippen LogP) is -2.45. The third-order valence-corrected chi connectivity index (χ3v) is 4.53. The number of carbonyl (C=O) groups excluding carboxylic acids is 1. The topological polar surface area (TPSA) is 176 Å². The molecule has 0 radical (unpaired) electrons. The van der Waals surface area contributed by atoms with Gasteiger partial charge in [0, 0.05) is 6.42 Å². The summed E-state index contributed by atoms with van der Waals surface area (Å²) in [5.74, 6) is -0.0750. The van der Waals surface area contributed by atoms with E-state index in [1.54, 1.807) is 4.57 Å². The van der Waals surface area contributed by atoms with Crippen LogP contribution in [0.1, 0.15) is 26.0 Å². The molecule has 2 unspecified atom stereocenters. The van der Waals surface area contributed by atoms with Gasteiger partial charge in [0.25, 0.3) is 5.91 Å². The van der Waals surface area contributed by atoms with Gasteiger partial charge in [-0.1, -0.05) is 6.92 Å². The van der Waals surface area contributed by atoms with Gasteiger partial charge < -0.3 is 31.7 Å². The number of anilines is 1. The fraction of sp³-hybridized carbons (Fsp3) is 0.600. The number of hydrogen-bond acceptors (Lipinski definition) is 8. The van der Waals surface area contributed by atoms with E-state index in [2.05, 4.69) is 26.0 Å². The van der Waals surface area contributed by atoms with E-state index in [0.29, 0.717) is 17.6 Å². The van der Waals surface area contributed by atoms with E-state index in [0.717, 1.165) is 6.42 Å². The van der Waals surface area contributed by atoms with E-state index in [9.17, 15) is 15.0 Å². The van der Waals surface area contributed by atoms with Crippen LogP contribution in [-0.2, 0) is 9.53 Å². The Morgan fingerprint density at radius 2 is 2.27 bits per heavy atom. The molecule has 1 amide bonds. The fourth-order valence-electron chi connectivity index (χ4n) is 3.11. The molecule has 2 aromatic heterocycles. The summed E-state index contributed by atoms with van der Waals surface area (Å²) in [7, 11) is 0. The van der Waals surface area contributed by atoms with Crippen molar-refractivity contribution in [2.24, 2.45) is 0 Å². The highest BCUT2D eigenvalue weighted by atomic mass is 16.5. The summed E-state index contributed by atoms with van der Waals surface area (Å²) in [6.45, 7) is 1.57. The molecule has 11 nitrogen and oxygen atoms in total. The quantitative estimate of drug-likeness (QED) is 0.374. The first kappa shape index (κ1) is 18.5. The second kappa shape index (κ2) is 7.50. The Bertz CT molecular complexity index is 782. The number of nitrogens with zero attached hydrogens (tertiary/aromatic N) is 4. The molecule has 1 saturated heterocycles. The van der Waals surface area contributed by atoms with Crippen LogP contribution in [-0.4, -0.2) is 66.5 Å². The lowest BCUT2D eigenvalue weighted by Gasteiger charge is -2.23. The standard InChI is InChI=1S/C15H23N7O4/c1-2-3-7(16)14(25)21-9-11(24)8(4-23)26-15(9)22-6-20-10-12(17)18-5-19-13(10)22/h5-9,11,15,23-24H,2-4,16H2,1H3,(H,21,25)(H2,17,18,19)/p+1/t7?,8-,9+,11?,15-/m1/s1. The number of imidazole rings is 1. The number of fused-ring (bicyclic) bond motifs is 1. The molecule has 1 aliphatic heterocycles. The summed E-state index contributed by atoms with van der Waals surface area (Å²) in [6.07, 6.45) is 1.44.